The summed E-state index contributed by atoms with van der Waals surface area (Å²) >= 11 is 6.19. The van der Waals surface area contributed by atoms with Gasteiger partial charge in [-0.2, -0.15) is 0 Å². The predicted octanol–water partition coefficient (Wildman–Crippen LogP) is 1.34. The van der Waals surface area contributed by atoms with Crippen LogP contribution in [-0.4, -0.2) is 45.1 Å². The van der Waals surface area contributed by atoms with Gasteiger partial charge in [-0.3, -0.25) is 14.7 Å². The first-order chi connectivity index (χ1) is 10.1. The van der Waals surface area contributed by atoms with E-state index in [1.807, 2.05) is 12.1 Å². The Morgan fingerprint density at radius 2 is 2.10 bits per heavy atom. The van der Waals surface area contributed by atoms with E-state index < -0.39 is 0 Å². The minimum absolute atomic E-state index is 0.161. The molecule has 2 aliphatic rings. The Balaban J connectivity index is 1.81. The molecule has 2 saturated heterocycles. The number of nitrogens with zero attached hydrogens (tertiary/aromatic N) is 4. The number of fused-ring (bicyclic) bond motifs is 1. The van der Waals surface area contributed by atoms with Gasteiger partial charge < -0.3 is 9.88 Å². The first kappa shape index (κ1) is 12.8. The van der Waals surface area contributed by atoms with Crippen molar-refractivity contribution in [3.8, 4) is 11.4 Å². The molecule has 6 nitrogen and oxygen atoms in total. The summed E-state index contributed by atoms with van der Waals surface area (Å²) in [6.45, 7) is 4.03. The third-order valence-corrected chi connectivity index (χ3v) is 4.42. The topological polar surface area (TPSA) is 64.9 Å². The SMILES string of the molecule is C[C@@H]1CN(c2nc(-c3ccncc3)[nH]c(=O)c2Cl)[C@H]2CN12. The van der Waals surface area contributed by atoms with Crippen molar-refractivity contribution in [1.82, 2.24) is 19.9 Å². The zero-order valence-corrected chi connectivity index (χ0v) is 12.2. The number of H-pyrrole nitrogens is 1. The number of aromatic amines is 1. The normalized spacial score (nSPS) is 26.8. The summed E-state index contributed by atoms with van der Waals surface area (Å²) in [5.74, 6) is 1.10. The number of pyridine rings is 1. The van der Waals surface area contributed by atoms with Gasteiger partial charge in [-0.15, -0.1) is 0 Å². The number of hydrogen-bond donors (Lipinski definition) is 1. The van der Waals surface area contributed by atoms with Crippen LogP contribution in [-0.2, 0) is 0 Å². The molecule has 0 amide bonds. The molecule has 1 N–H and O–H groups in total. The summed E-state index contributed by atoms with van der Waals surface area (Å²) in [7, 11) is 0. The Morgan fingerprint density at radius 1 is 1.33 bits per heavy atom. The van der Waals surface area contributed by atoms with E-state index in [1.165, 1.54) is 0 Å². The van der Waals surface area contributed by atoms with E-state index in [0.717, 1.165) is 18.7 Å². The van der Waals surface area contributed by atoms with E-state index in [-0.39, 0.29) is 10.6 Å². The van der Waals surface area contributed by atoms with Gasteiger partial charge in [0.15, 0.2) is 5.82 Å². The lowest BCUT2D eigenvalue weighted by atomic mass is 10.2. The summed E-state index contributed by atoms with van der Waals surface area (Å²) in [6.07, 6.45) is 3.67. The highest BCUT2D eigenvalue weighted by Gasteiger charge is 2.50. The number of halogens is 1. The Morgan fingerprint density at radius 3 is 2.71 bits per heavy atom. The van der Waals surface area contributed by atoms with Gasteiger partial charge in [0.05, 0.1) is 6.17 Å². The van der Waals surface area contributed by atoms with Crippen LogP contribution in [0.4, 0.5) is 5.82 Å². The summed E-state index contributed by atoms with van der Waals surface area (Å²) in [5.41, 5.74) is 0.514. The van der Waals surface area contributed by atoms with Gasteiger partial charge in [-0.25, -0.2) is 4.98 Å². The van der Waals surface area contributed by atoms with Crippen molar-refractivity contribution in [3.05, 3.63) is 39.9 Å². The number of nitrogens with one attached hydrogen (secondary N) is 1. The fraction of sp³-hybridized carbons (Fsp3) is 0.357. The minimum Gasteiger partial charge on any atom is -0.336 e. The molecule has 0 spiro atoms. The molecule has 2 aromatic rings. The Hall–Kier alpha value is -1.92. The standard InChI is InChI=1S/C14H14ClN5O/c1-8-6-20(10-7-19(8)10)13-11(15)14(21)18-12(17-13)9-2-4-16-5-3-9/h2-5,8,10H,6-7H2,1H3,(H,17,18,21)/t8-,10+,19?/m1/s1. The van der Waals surface area contributed by atoms with Gasteiger partial charge in [-0.05, 0) is 19.1 Å². The van der Waals surface area contributed by atoms with Crippen molar-refractivity contribution in [3.63, 3.8) is 0 Å². The van der Waals surface area contributed by atoms with Crippen molar-refractivity contribution < 1.29 is 0 Å². The summed E-state index contributed by atoms with van der Waals surface area (Å²) in [6, 6.07) is 4.09. The molecule has 2 aromatic heterocycles. The number of piperazine rings is 1. The Bertz CT molecular complexity index is 747. The summed E-state index contributed by atoms with van der Waals surface area (Å²) < 4.78 is 0. The fourth-order valence-electron chi connectivity index (χ4n) is 2.92. The highest BCUT2D eigenvalue weighted by Crippen LogP contribution is 2.37. The molecule has 0 aliphatic carbocycles. The zero-order valence-electron chi connectivity index (χ0n) is 11.5. The van der Waals surface area contributed by atoms with Crippen molar-refractivity contribution in [2.24, 2.45) is 0 Å². The van der Waals surface area contributed by atoms with Crippen LogP contribution in [0.25, 0.3) is 11.4 Å². The molecular formula is C14H14ClN5O. The number of hydrogen-bond acceptors (Lipinski definition) is 5. The molecule has 7 heteroatoms. The highest BCUT2D eigenvalue weighted by atomic mass is 35.5. The smallest absolute Gasteiger partial charge is 0.272 e. The maximum Gasteiger partial charge on any atom is 0.272 e. The molecule has 0 aromatic carbocycles. The lowest BCUT2D eigenvalue weighted by molar-refractivity contribution is 0.474. The largest absolute Gasteiger partial charge is 0.336 e. The molecule has 2 aliphatic heterocycles. The second-order valence-electron chi connectivity index (χ2n) is 5.47. The second-order valence-corrected chi connectivity index (χ2v) is 5.84. The number of rotatable bonds is 2. The Labute approximate surface area is 126 Å². The molecule has 1 unspecified atom stereocenters. The quantitative estimate of drug-likeness (QED) is 0.848. The van der Waals surface area contributed by atoms with Crippen molar-refractivity contribution in [2.75, 3.05) is 18.0 Å². The van der Waals surface area contributed by atoms with E-state index in [0.29, 0.717) is 23.8 Å². The van der Waals surface area contributed by atoms with Gasteiger partial charge in [0, 0.05) is 37.1 Å². The Kier molecular flexibility index (Phi) is 2.77. The predicted molar refractivity (Wildman–Crippen MR) is 80.4 cm³/mol. The van der Waals surface area contributed by atoms with Crippen LogP contribution in [0.3, 0.4) is 0 Å². The number of anilines is 1. The van der Waals surface area contributed by atoms with Gasteiger partial charge >= 0.3 is 0 Å². The number of aromatic nitrogens is 3. The fourth-order valence-corrected chi connectivity index (χ4v) is 3.11. The monoisotopic (exact) mass is 303 g/mol. The van der Waals surface area contributed by atoms with Crippen LogP contribution in [0, 0.1) is 0 Å². The van der Waals surface area contributed by atoms with Crippen molar-refractivity contribution in [1.29, 1.82) is 0 Å². The maximum atomic E-state index is 12.1. The van der Waals surface area contributed by atoms with E-state index in [4.69, 9.17) is 11.6 Å². The molecule has 108 valence electrons. The maximum absolute atomic E-state index is 12.1. The van der Waals surface area contributed by atoms with Crippen LogP contribution in [0.15, 0.2) is 29.3 Å². The lowest BCUT2D eigenvalue weighted by Crippen LogP contribution is -2.30. The molecule has 0 saturated carbocycles. The van der Waals surface area contributed by atoms with Crippen LogP contribution < -0.4 is 10.5 Å². The molecular weight excluding hydrogens is 290 g/mol. The molecule has 3 atom stereocenters. The highest BCUT2D eigenvalue weighted by molar-refractivity contribution is 6.32. The second kappa shape index (κ2) is 4.54. The average molecular weight is 304 g/mol. The minimum atomic E-state index is -0.305. The zero-order chi connectivity index (χ0) is 14.6. The van der Waals surface area contributed by atoms with Crippen molar-refractivity contribution >= 4 is 17.4 Å². The van der Waals surface area contributed by atoms with Gasteiger partial charge in [0.1, 0.15) is 10.8 Å². The summed E-state index contributed by atoms with van der Waals surface area (Å²) in [5, 5.41) is 0.161. The molecule has 21 heavy (non-hydrogen) atoms. The third kappa shape index (κ3) is 2.02. The summed E-state index contributed by atoms with van der Waals surface area (Å²) in [4.78, 5) is 27.9. The lowest BCUT2D eigenvalue weighted by Gasteiger charge is -2.20. The average Bonchev–Trinajstić information content (AvgIpc) is 3.23. The van der Waals surface area contributed by atoms with Crippen LogP contribution in [0.2, 0.25) is 5.02 Å². The van der Waals surface area contributed by atoms with Crippen LogP contribution in [0.5, 0.6) is 0 Å². The van der Waals surface area contributed by atoms with Gasteiger partial charge in [0.25, 0.3) is 5.56 Å². The van der Waals surface area contributed by atoms with E-state index in [2.05, 4.69) is 31.7 Å². The molecule has 4 rings (SSSR count). The van der Waals surface area contributed by atoms with Gasteiger partial charge in [-0.1, -0.05) is 11.6 Å². The third-order valence-electron chi connectivity index (χ3n) is 4.08. The van der Waals surface area contributed by atoms with E-state index in [1.54, 1.807) is 12.4 Å². The van der Waals surface area contributed by atoms with E-state index in [9.17, 15) is 4.79 Å². The molecule has 4 heterocycles. The van der Waals surface area contributed by atoms with E-state index >= 15 is 0 Å². The van der Waals surface area contributed by atoms with Crippen LogP contribution in [0.1, 0.15) is 6.92 Å². The van der Waals surface area contributed by atoms with Crippen molar-refractivity contribution in [2.45, 2.75) is 19.1 Å². The molecule has 0 radical (unpaired) electrons. The molecule has 0 bridgehead atoms. The van der Waals surface area contributed by atoms with Gasteiger partial charge in [0.2, 0.25) is 0 Å². The first-order valence-electron chi connectivity index (χ1n) is 6.88. The first-order valence-corrected chi connectivity index (χ1v) is 7.25. The molecule has 2 fully saturated rings. The van der Waals surface area contributed by atoms with Crippen LogP contribution >= 0.6 is 11.6 Å².